The Kier molecular flexibility index (Phi) is 2.04. The van der Waals surface area contributed by atoms with Crippen LogP contribution >= 0.6 is 0 Å². The first-order valence-corrected chi connectivity index (χ1v) is 4.44. The van der Waals surface area contributed by atoms with Crippen LogP contribution in [0.15, 0.2) is 29.1 Å². The average molecular weight is 202 g/mol. The molecule has 1 heterocycles. The fourth-order valence-electron chi connectivity index (χ4n) is 1.60. The summed E-state index contributed by atoms with van der Waals surface area (Å²) in [6, 6.07) is 6.56. The quantitative estimate of drug-likeness (QED) is 0.695. The van der Waals surface area contributed by atoms with Gasteiger partial charge < -0.3 is 10.1 Å². The molecule has 0 spiro atoms. The lowest BCUT2D eigenvalue weighted by Crippen LogP contribution is -2.14. The molecule has 0 atom stereocenters. The summed E-state index contributed by atoms with van der Waals surface area (Å²) in [5.41, 5.74) is -0.411. The molecule has 4 nitrogen and oxygen atoms in total. The van der Waals surface area contributed by atoms with Gasteiger partial charge in [-0.3, -0.25) is 9.59 Å². The lowest BCUT2D eigenvalue weighted by molar-refractivity contribution is -0.275. The van der Waals surface area contributed by atoms with Crippen molar-refractivity contribution in [3.63, 3.8) is 0 Å². The molecule has 76 valence electrons. The predicted octanol–water partition coefficient (Wildman–Crippen LogP) is 0.804. The van der Waals surface area contributed by atoms with E-state index in [4.69, 9.17) is 0 Å². The van der Waals surface area contributed by atoms with Crippen LogP contribution in [-0.4, -0.2) is 10.8 Å². The number of fused-ring (bicyclic) bond motifs is 1. The largest absolute Gasteiger partial charge is 0.860 e. The molecule has 0 saturated carbocycles. The minimum absolute atomic E-state index is 0.0465. The van der Waals surface area contributed by atoms with Crippen LogP contribution in [0.2, 0.25) is 0 Å². The molecule has 2 aromatic rings. The first kappa shape index (κ1) is 9.45. The number of pyridine rings is 1. The van der Waals surface area contributed by atoms with Crippen LogP contribution in [0.4, 0.5) is 0 Å². The Morgan fingerprint density at radius 2 is 1.87 bits per heavy atom. The molecule has 0 amide bonds. The van der Waals surface area contributed by atoms with Crippen molar-refractivity contribution < 1.29 is 9.90 Å². The van der Waals surface area contributed by atoms with Gasteiger partial charge in [-0.05, 0) is 24.3 Å². The van der Waals surface area contributed by atoms with E-state index in [0.717, 1.165) is 0 Å². The minimum atomic E-state index is -0.619. The smallest absolute Gasteiger partial charge is 0.255 e. The molecule has 0 saturated heterocycles. The summed E-state index contributed by atoms with van der Waals surface area (Å²) in [5.74, 6) is -0.960. The van der Waals surface area contributed by atoms with E-state index in [2.05, 4.69) is 4.98 Å². The molecule has 4 heteroatoms. The lowest BCUT2D eigenvalue weighted by Gasteiger charge is -2.12. The number of rotatable bonds is 1. The molecule has 0 bridgehead atoms. The van der Waals surface area contributed by atoms with E-state index in [-0.39, 0.29) is 11.3 Å². The summed E-state index contributed by atoms with van der Waals surface area (Å²) in [7, 11) is 0. The molecule has 0 aliphatic rings. The molecular formula is C11H8NO3-. The van der Waals surface area contributed by atoms with Crippen LogP contribution in [-0.2, 0) is 0 Å². The highest BCUT2D eigenvalue weighted by atomic mass is 16.3. The van der Waals surface area contributed by atoms with Gasteiger partial charge in [0.15, 0.2) is 5.78 Å². The van der Waals surface area contributed by atoms with E-state index in [0.29, 0.717) is 10.8 Å². The number of aromatic nitrogens is 1. The van der Waals surface area contributed by atoms with Crippen molar-refractivity contribution in [2.45, 2.75) is 6.92 Å². The third-order valence-corrected chi connectivity index (χ3v) is 2.25. The van der Waals surface area contributed by atoms with Crippen molar-refractivity contribution >= 4 is 16.6 Å². The number of aromatic amines is 1. The molecule has 1 N–H and O–H groups in total. The monoisotopic (exact) mass is 202 g/mol. The summed E-state index contributed by atoms with van der Waals surface area (Å²) in [6.45, 7) is 1.31. The highest BCUT2D eigenvalue weighted by Gasteiger charge is 2.08. The number of nitrogens with one attached hydrogen (secondary N) is 1. The Hall–Kier alpha value is -2.10. The Labute approximate surface area is 85.2 Å². The third kappa shape index (κ3) is 1.40. The minimum Gasteiger partial charge on any atom is -0.860 e. The summed E-state index contributed by atoms with van der Waals surface area (Å²) in [6.07, 6.45) is 0. The van der Waals surface area contributed by atoms with Gasteiger partial charge in [0.25, 0.3) is 5.56 Å². The van der Waals surface area contributed by atoms with E-state index in [1.54, 1.807) is 24.3 Å². The predicted molar refractivity (Wildman–Crippen MR) is 54.0 cm³/mol. The molecule has 0 aliphatic carbocycles. The van der Waals surface area contributed by atoms with Crippen LogP contribution in [0.3, 0.4) is 0 Å². The van der Waals surface area contributed by atoms with Gasteiger partial charge in [-0.1, -0.05) is 18.2 Å². The Morgan fingerprint density at radius 1 is 1.27 bits per heavy atom. The maximum absolute atomic E-state index is 11.4. The Balaban J connectivity index is 3.03. The zero-order valence-corrected chi connectivity index (χ0v) is 8.03. The number of carbonyl (C=O) groups is 1. The highest BCUT2D eigenvalue weighted by molar-refractivity contribution is 6.08. The number of ketones is 1. The summed E-state index contributed by atoms with van der Waals surface area (Å²) < 4.78 is 0. The SMILES string of the molecule is CC(=O)c1c([O-])[nH]c(=O)c2ccccc12. The van der Waals surface area contributed by atoms with Crippen LogP contribution in [0.1, 0.15) is 17.3 Å². The number of Topliss-reactive ketones (excluding diaryl/α,β-unsaturated/α-hetero) is 1. The van der Waals surface area contributed by atoms with Gasteiger partial charge in [-0.2, -0.15) is 0 Å². The van der Waals surface area contributed by atoms with Gasteiger partial charge in [-0.25, -0.2) is 0 Å². The standard InChI is InChI=1S/C11H9NO3/c1-6(13)9-7-4-2-3-5-8(7)10(14)12-11(9)15/h2-5H,1H3,(H2,12,14,15)/p-1. The number of benzene rings is 1. The first-order valence-electron chi connectivity index (χ1n) is 4.44. The molecule has 15 heavy (non-hydrogen) atoms. The van der Waals surface area contributed by atoms with E-state index >= 15 is 0 Å². The highest BCUT2D eigenvalue weighted by Crippen LogP contribution is 2.20. The second-order valence-corrected chi connectivity index (χ2v) is 3.26. The van der Waals surface area contributed by atoms with Crippen molar-refractivity contribution in [3.05, 3.63) is 40.2 Å². The Bertz CT molecular complexity index is 598. The fraction of sp³-hybridized carbons (Fsp3) is 0.0909. The van der Waals surface area contributed by atoms with Crippen molar-refractivity contribution in [2.75, 3.05) is 0 Å². The van der Waals surface area contributed by atoms with Crippen LogP contribution in [0.5, 0.6) is 5.88 Å². The third-order valence-electron chi connectivity index (χ3n) is 2.25. The fourth-order valence-corrected chi connectivity index (χ4v) is 1.60. The maximum Gasteiger partial charge on any atom is 0.255 e. The van der Waals surface area contributed by atoms with Gasteiger partial charge >= 0.3 is 0 Å². The van der Waals surface area contributed by atoms with Crippen molar-refractivity contribution in [3.8, 4) is 5.88 Å². The summed E-state index contributed by atoms with van der Waals surface area (Å²) in [5, 5.41) is 12.2. The Morgan fingerprint density at radius 3 is 2.47 bits per heavy atom. The van der Waals surface area contributed by atoms with Crippen LogP contribution in [0.25, 0.3) is 10.8 Å². The molecule has 1 aromatic carbocycles. The van der Waals surface area contributed by atoms with Crippen molar-refractivity contribution in [1.29, 1.82) is 0 Å². The van der Waals surface area contributed by atoms with Crippen molar-refractivity contribution in [1.82, 2.24) is 4.98 Å². The average Bonchev–Trinajstić information content (AvgIpc) is 2.17. The normalized spacial score (nSPS) is 10.5. The molecule has 0 unspecified atom stereocenters. The maximum atomic E-state index is 11.4. The first-order chi connectivity index (χ1) is 7.11. The second kappa shape index (κ2) is 3.24. The number of hydrogen-bond donors (Lipinski definition) is 1. The molecule has 0 aliphatic heterocycles. The molecule has 0 radical (unpaired) electrons. The van der Waals surface area contributed by atoms with E-state index in [1.807, 2.05) is 0 Å². The van der Waals surface area contributed by atoms with Crippen LogP contribution in [0, 0.1) is 0 Å². The molecule has 1 aromatic heterocycles. The topological polar surface area (TPSA) is 73.0 Å². The lowest BCUT2D eigenvalue weighted by atomic mass is 10.0. The second-order valence-electron chi connectivity index (χ2n) is 3.26. The van der Waals surface area contributed by atoms with Crippen LogP contribution < -0.4 is 10.7 Å². The van der Waals surface area contributed by atoms with Gasteiger partial charge in [-0.15, -0.1) is 0 Å². The van der Waals surface area contributed by atoms with Crippen molar-refractivity contribution in [2.24, 2.45) is 0 Å². The van der Waals surface area contributed by atoms with Gasteiger partial charge in [0.1, 0.15) is 0 Å². The number of carbonyl (C=O) groups excluding carboxylic acids is 1. The zero-order valence-electron chi connectivity index (χ0n) is 8.03. The van der Waals surface area contributed by atoms with Gasteiger partial charge in [0, 0.05) is 10.9 Å². The number of H-pyrrole nitrogens is 1. The number of hydrogen-bond acceptors (Lipinski definition) is 3. The zero-order chi connectivity index (χ0) is 11.0. The molecule has 0 fully saturated rings. The summed E-state index contributed by atoms with van der Waals surface area (Å²) >= 11 is 0. The molecule has 2 rings (SSSR count). The molecular weight excluding hydrogens is 194 g/mol. The van der Waals surface area contributed by atoms with E-state index in [1.165, 1.54) is 6.92 Å². The van der Waals surface area contributed by atoms with Gasteiger partial charge in [0.2, 0.25) is 0 Å². The summed E-state index contributed by atoms with van der Waals surface area (Å²) in [4.78, 5) is 24.8. The van der Waals surface area contributed by atoms with E-state index in [9.17, 15) is 14.7 Å². The van der Waals surface area contributed by atoms with E-state index < -0.39 is 11.4 Å². The van der Waals surface area contributed by atoms with Gasteiger partial charge in [0.05, 0.1) is 0 Å².